The summed E-state index contributed by atoms with van der Waals surface area (Å²) >= 11 is 1.27. The fraction of sp³-hybridized carbons (Fsp3) is 0.545. The predicted molar refractivity (Wildman–Crippen MR) is 69.8 cm³/mol. The number of aromatic nitrogens is 1. The highest BCUT2D eigenvalue weighted by Gasteiger charge is 2.22. The summed E-state index contributed by atoms with van der Waals surface area (Å²) in [6.07, 6.45) is 0. The zero-order valence-corrected chi connectivity index (χ0v) is 11.3. The van der Waals surface area contributed by atoms with Gasteiger partial charge in [-0.15, -0.1) is 11.3 Å². The third-order valence-corrected chi connectivity index (χ3v) is 3.55. The highest BCUT2D eigenvalue weighted by molar-refractivity contribution is 7.14. The van der Waals surface area contributed by atoms with Crippen LogP contribution >= 0.6 is 11.3 Å². The molecule has 1 aromatic rings. The number of piperazine rings is 1. The molecule has 0 atom stereocenters. The van der Waals surface area contributed by atoms with Gasteiger partial charge in [0, 0.05) is 38.5 Å². The number of anilines is 1. The number of nitrogens with one attached hydrogen (secondary N) is 1. The van der Waals surface area contributed by atoms with E-state index in [-0.39, 0.29) is 11.8 Å². The number of hydrogen-bond acceptors (Lipinski definition) is 5. The summed E-state index contributed by atoms with van der Waals surface area (Å²) in [7, 11) is 2.04. The first kappa shape index (κ1) is 13.0. The van der Waals surface area contributed by atoms with Gasteiger partial charge in [-0.25, -0.2) is 4.98 Å². The lowest BCUT2D eigenvalue weighted by Crippen LogP contribution is -2.47. The van der Waals surface area contributed by atoms with Gasteiger partial charge >= 0.3 is 0 Å². The molecule has 98 valence electrons. The van der Waals surface area contributed by atoms with Gasteiger partial charge in [-0.1, -0.05) is 0 Å². The Morgan fingerprint density at radius 1 is 1.33 bits per heavy atom. The molecule has 0 bridgehead atoms. The Labute approximate surface area is 110 Å². The fourth-order valence-electron chi connectivity index (χ4n) is 1.75. The van der Waals surface area contributed by atoms with E-state index in [4.69, 9.17) is 0 Å². The first-order chi connectivity index (χ1) is 8.56. The van der Waals surface area contributed by atoms with Crippen molar-refractivity contribution < 1.29 is 9.59 Å². The minimum absolute atomic E-state index is 0.0593. The molecule has 2 heterocycles. The lowest BCUT2D eigenvalue weighted by molar-refractivity contribution is -0.114. The van der Waals surface area contributed by atoms with Crippen LogP contribution in [0.3, 0.4) is 0 Å². The molecule has 0 unspecified atom stereocenters. The quantitative estimate of drug-likeness (QED) is 0.847. The van der Waals surface area contributed by atoms with Crippen LogP contribution in [0.1, 0.15) is 17.4 Å². The lowest BCUT2D eigenvalue weighted by Gasteiger charge is -2.31. The van der Waals surface area contributed by atoms with Crippen molar-refractivity contribution in [2.75, 3.05) is 38.5 Å². The molecule has 1 aliphatic heterocycles. The lowest BCUT2D eigenvalue weighted by atomic mass is 10.3. The van der Waals surface area contributed by atoms with Crippen molar-refractivity contribution in [3.8, 4) is 0 Å². The Kier molecular flexibility index (Phi) is 3.93. The van der Waals surface area contributed by atoms with Gasteiger partial charge in [0.15, 0.2) is 5.13 Å². The smallest absolute Gasteiger partial charge is 0.273 e. The molecule has 1 aromatic heterocycles. The average molecular weight is 268 g/mol. The Bertz CT molecular complexity index is 452. The zero-order valence-electron chi connectivity index (χ0n) is 10.5. The van der Waals surface area contributed by atoms with Crippen LogP contribution in [0.15, 0.2) is 5.38 Å². The average Bonchev–Trinajstić information content (AvgIpc) is 2.76. The van der Waals surface area contributed by atoms with E-state index in [1.165, 1.54) is 18.3 Å². The number of nitrogens with zero attached hydrogens (tertiary/aromatic N) is 3. The van der Waals surface area contributed by atoms with Gasteiger partial charge in [-0.05, 0) is 7.05 Å². The Morgan fingerprint density at radius 2 is 2.00 bits per heavy atom. The maximum absolute atomic E-state index is 12.1. The number of carbonyl (C=O) groups is 2. The molecule has 1 fully saturated rings. The minimum Gasteiger partial charge on any atom is -0.335 e. The first-order valence-electron chi connectivity index (χ1n) is 5.77. The number of hydrogen-bond donors (Lipinski definition) is 1. The van der Waals surface area contributed by atoms with Crippen LogP contribution in [0.5, 0.6) is 0 Å². The van der Waals surface area contributed by atoms with E-state index in [1.807, 2.05) is 7.05 Å². The van der Waals surface area contributed by atoms with Crippen LogP contribution in [0.4, 0.5) is 5.13 Å². The monoisotopic (exact) mass is 268 g/mol. The van der Waals surface area contributed by atoms with Gasteiger partial charge in [0.05, 0.1) is 0 Å². The maximum Gasteiger partial charge on any atom is 0.273 e. The molecule has 2 rings (SSSR count). The van der Waals surface area contributed by atoms with Crippen LogP contribution in [0, 0.1) is 0 Å². The van der Waals surface area contributed by atoms with Gasteiger partial charge in [0.25, 0.3) is 5.91 Å². The molecule has 7 heteroatoms. The molecule has 18 heavy (non-hydrogen) atoms. The summed E-state index contributed by atoms with van der Waals surface area (Å²) in [5.41, 5.74) is 0.410. The van der Waals surface area contributed by atoms with E-state index in [9.17, 15) is 9.59 Å². The second-order valence-corrected chi connectivity index (χ2v) is 5.17. The predicted octanol–water partition coefficient (Wildman–Crippen LogP) is 0.489. The number of likely N-dealkylation sites (N-methyl/N-ethyl adjacent to an activating group) is 1. The van der Waals surface area contributed by atoms with Crippen molar-refractivity contribution in [3.63, 3.8) is 0 Å². The second-order valence-electron chi connectivity index (χ2n) is 4.31. The SMILES string of the molecule is CC(=O)Nc1nc(C(=O)N2CCN(C)CC2)cs1. The molecule has 6 nitrogen and oxygen atoms in total. The maximum atomic E-state index is 12.1. The normalized spacial score (nSPS) is 16.7. The second kappa shape index (κ2) is 5.45. The summed E-state index contributed by atoms with van der Waals surface area (Å²) in [5.74, 6) is -0.237. The molecule has 1 saturated heterocycles. The third kappa shape index (κ3) is 3.05. The third-order valence-electron chi connectivity index (χ3n) is 2.80. The Hall–Kier alpha value is -1.47. The standard InChI is InChI=1S/C11H16N4O2S/c1-8(16)12-11-13-9(7-18-11)10(17)15-5-3-14(2)4-6-15/h7H,3-6H2,1-2H3,(H,12,13,16). The fourth-order valence-corrected chi connectivity index (χ4v) is 2.48. The van der Waals surface area contributed by atoms with Crippen molar-refractivity contribution in [3.05, 3.63) is 11.1 Å². The summed E-state index contributed by atoms with van der Waals surface area (Å²) < 4.78 is 0. The number of rotatable bonds is 2. The topological polar surface area (TPSA) is 65.5 Å². The van der Waals surface area contributed by atoms with Gasteiger partial charge in [0.2, 0.25) is 5.91 Å². The minimum atomic E-state index is -0.178. The van der Waals surface area contributed by atoms with Crippen molar-refractivity contribution in [1.29, 1.82) is 0 Å². The van der Waals surface area contributed by atoms with E-state index in [0.29, 0.717) is 10.8 Å². The molecular weight excluding hydrogens is 252 g/mol. The number of carbonyl (C=O) groups excluding carboxylic acids is 2. The zero-order chi connectivity index (χ0) is 13.1. The van der Waals surface area contributed by atoms with Crippen LogP contribution in [0.2, 0.25) is 0 Å². The van der Waals surface area contributed by atoms with Crippen molar-refractivity contribution in [2.24, 2.45) is 0 Å². The Balaban J connectivity index is 2.00. The highest BCUT2D eigenvalue weighted by atomic mass is 32.1. The molecular formula is C11H16N4O2S. The summed E-state index contributed by atoms with van der Waals surface area (Å²) in [4.78, 5) is 31.1. The molecule has 0 spiro atoms. The van der Waals surface area contributed by atoms with E-state index in [0.717, 1.165) is 26.2 Å². The van der Waals surface area contributed by atoms with E-state index < -0.39 is 0 Å². The molecule has 0 aromatic carbocycles. The molecule has 0 radical (unpaired) electrons. The van der Waals surface area contributed by atoms with E-state index in [1.54, 1.807) is 10.3 Å². The molecule has 2 amide bonds. The van der Waals surface area contributed by atoms with Crippen LogP contribution in [0.25, 0.3) is 0 Å². The summed E-state index contributed by atoms with van der Waals surface area (Å²) in [5, 5.41) is 4.74. The van der Waals surface area contributed by atoms with Gasteiger partial charge in [-0.3, -0.25) is 9.59 Å². The van der Waals surface area contributed by atoms with Crippen LogP contribution < -0.4 is 5.32 Å². The highest BCUT2D eigenvalue weighted by Crippen LogP contribution is 2.17. The van der Waals surface area contributed by atoms with Crippen molar-refractivity contribution in [1.82, 2.24) is 14.8 Å². The van der Waals surface area contributed by atoms with Gasteiger partial charge in [0.1, 0.15) is 5.69 Å². The van der Waals surface area contributed by atoms with Crippen LogP contribution in [-0.4, -0.2) is 59.8 Å². The van der Waals surface area contributed by atoms with Gasteiger partial charge < -0.3 is 15.1 Å². The Morgan fingerprint density at radius 3 is 2.61 bits per heavy atom. The molecule has 1 N–H and O–H groups in total. The van der Waals surface area contributed by atoms with E-state index >= 15 is 0 Å². The largest absolute Gasteiger partial charge is 0.335 e. The summed E-state index contributed by atoms with van der Waals surface area (Å²) in [6.45, 7) is 4.64. The van der Waals surface area contributed by atoms with Crippen molar-refractivity contribution >= 4 is 28.3 Å². The molecule has 0 saturated carbocycles. The van der Waals surface area contributed by atoms with Gasteiger partial charge in [-0.2, -0.15) is 0 Å². The van der Waals surface area contributed by atoms with E-state index in [2.05, 4.69) is 15.2 Å². The molecule has 0 aliphatic carbocycles. The first-order valence-corrected chi connectivity index (χ1v) is 6.65. The van der Waals surface area contributed by atoms with Crippen molar-refractivity contribution in [2.45, 2.75) is 6.92 Å². The molecule has 1 aliphatic rings. The summed E-state index contributed by atoms with van der Waals surface area (Å²) in [6, 6.07) is 0. The van der Waals surface area contributed by atoms with Crippen LogP contribution in [-0.2, 0) is 4.79 Å². The number of amides is 2. The number of thiazole rings is 1.